The first-order valence-corrected chi connectivity index (χ1v) is 6.37. The van der Waals surface area contributed by atoms with Gasteiger partial charge in [-0.3, -0.25) is 0 Å². The molecule has 0 N–H and O–H groups in total. The van der Waals surface area contributed by atoms with Crippen molar-refractivity contribution < 1.29 is 4.74 Å². The number of hydrogen-bond donors (Lipinski definition) is 0. The molecule has 56 valence electrons. The molecule has 0 aromatic carbocycles. The van der Waals surface area contributed by atoms with Gasteiger partial charge >= 0.3 is 0 Å². The van der Waals surface area contributed by atoms with Gasteiger partial charge in [0, 0.05) is 12.8 Å². The van der Waals surface area contributed by atoms with Crippen molar-refractivity contribution in [2.45, 2.75) is 32.9 Å². The zero-order valence-corrected chi connectivity index (χ0v) is 7.97. The van der Waals surface area contributed by atoms with Gasteiger partial charge in [0.25, 0.3) is 0 Å². The summed E-state index contributed by atoms with van der Waals surface area (Å²) in [6.45, 7) is 7.51. The standard InChI is InChI=1S/C7H18OSi/c1-4-8-7-9(5-2)6-3/h9H,4-7H2,1-3H3. The second-order valence-electron chi connectivity index (χ2n) is 2.34. The first kappa shape index (κ1) is 9.18. The molecule has 0 aliphatic heterocycles. The molecule has 0 aliphatic carbocycles. The summed E-state index contributed by atoms with van der Waals surface area (Å²) in [7, 11) is -0.432. The van der Waals surface area contributed by atoms with Gasteiger partial charge in [-0.1, -0.05) is 25.9 Å². The van der Waals surface area contributed by atoms with Gasteiger partial charge in [0.05, 0.1) is 8.80 Å². The average molecular weight is 146 g/mol. The summed E-state index contributed by atoms with van der Waals surface area (Å²) in [6.07, 6.45) is 1.09. The minimum atomic E-state index is -0.432. The summed E-state index contributed by atoms with van der Waals surface area (Å²) < 4.78 is 5.34. The second-order valence-corrected chi connectivity index (χ2v) is 6.04. The topological polar surface area (TPSA) is 9.23 Å². The van der Waals surface area contributed by atoms with Crippen LogP contribution in [0.25, 0.3) is 0 Å². The molecule has 0 amide bonds. The van der Waals surface area contributed by atoms with E-state index in [1.165, 1.54) is 12.1 Å². The number of rotatable bonds is 5. The largest absolute Gasteiger partial charge is 0.385 e. The fourth-order valence-corrected chi connectivity index (χ4v) is 2.43. The van der Waals surface area contributed by atoms with Gasteiger partial charge < -0.3 is 4.74 Å². The number of ether oxygens (including phenoxy) is 1. The van der Waals surface area contributed by atoms with Crippen molar-refractivity contribution in [2.75, 3.05) is 12.8 Å². The molecule has 2 heteroatoms. The Morgan fingerprint density at radius 3 is 2.00 bits per heavy atom. The minimum absolute atomic E-state index is 0.432. The second kappa shape index (κ2) is 6.30. The molecule has 0 spiro atoms. The molecule has 0 rings (SSSR count). The van der Waals surface area contributed by atoms with Crippen molar-refractivity contribution in [2.24, 2.45) is 0 Å². The molecule has 0 radical (unpaired) electrons. The molecule has 0 fully saturated rings. The van der Waals surface area contributed by atoms with E-state index in [9.17, 15) is 0 Å². The van der Waals surface area contributed by atoms with Gasteiger partial charge in [0.2, 0.25) is 0 Å². The summed E-state index contributed by atoms with van der Waals surface area (Å²) in [6, 6.07) is 2.77. The van der Waals surface area contributed by atoms with Crippen LogP contribution >= 0.6 is 0 Å². The summed E-state index contributed by atoms with van der Waals surface area (Å²) in [5, 5.41) is 0. The molecule has 0 aromatic rings. The Labute approximate surface area is 60.0 Å². The van der Waals surface area contributed by atoms with E-state index in [1.54, 1.807) is 0 Å². The van der Waals surface area contributed by atoms with E-state index < -0.39 is 8.80 Å². The van der Waals surface area contributed by atoms with Gasteiger partial charge in [-0.2, -0.15) is 0 Å². The Morgan fingerprint density at radius 2 is 1.67 bits per heavy atom. The monoisotopic (exact) mass is 146 g/mol. The molecule has 0 heterocycles. The average Bonchev–Trinajstić information content (AvgIpc) is 1.91. The lowest BCUT2D eigenvalue weighted by molar-refractivity contribution is 0.190. The highest BCUT2D eigenvalue weighted by molar-refractivity contribution is 6.58. The third kappa shape index (κ3) is 4.67. The zero-order valence-electron chi connectivity index (χ0n) is 6.81. The molecule has 0 saturated heterocycles. The molecule has 0 saturated carbocycles. The van der Waals surface area contributed by atoms with Crippen LogP contribution in [0.5, 0.6) is 0 Å². The highest BCUT2D eigenvalue weighted by Crippen LogP contribution is 1.97. The Balaban J connectivity index is 3.09. The van der Waals surface area contributed by atoms with E-state index in [-0.39, 0.29) is 0 Å². The first-order chi connectivity index (χ1) is 4.35. The maximum absolute atomic E-state index is 5.34. The highest BCUT2D eigenvalue weighted by atomic mass is 28.3. The van der Waals surface area contributed by atoms with Crippen molar-refractivity contribution >= 4 is 8.80 Å². The van der Waals surface area contributed by atoms with Gasteiger partial charge in [-0.15, -0.1) is 0 Å². The molecule has 1 nitrogen and oxygen atoms in total. The van der Waals surface area contributed by atoms with Crippen LogP contribution in [-0.2, 0) is 4.74 Å². The van der Waals surface area contributed by atoms with Crippen LogP contribution in [0.3, 0.4) is 0 Å². The normalized spacial score (nSPS) is 10.7. The smallest absolute Gasteiger partial charge is 0.0672 e. The van der Waals surface area contributed by atoms with Crippen LogP contribution in [-0.4, -0.2) is 21.6 Å². The molecule has 0 aliphatic rings. The molecular weight excluding hydrogens is 128 g/mol. The van der Waals surface area contributed by atoms with E-state index >= 15 is 0 Å². The molecule has 0 bridgehead atoms. The maximum atomic E-state index is 5.34. The van der Waals surface area contributed by atoms with Crippen LogP contribution in [0.15, 0.2) is 0 Å². The highest BCUT2D eigenvalue weighted by Gasteiger charge is 2.03. The van der Waals surface area contributed by atoms with E-state index in [4.69, 9.17) is 4.74 Å². The third-order valence-electron chi connectivity index (χ3n) is 1.71. The summed E-state index contributed by atoms with van der Waals surface area (Å²) in [5.74, 6) is 0. The van der Waals surface area contributed by atoms with Crippen LogP contribution in [0.2, 0.25) is 12.1 Å². The lowest BCUT2D eigenvalue weighted by atomic mass is 10.9. The van der Waals surface area contributed by atoms with Gasteiger partial charge in [0.1, 0.15) is 0 Å². The van der Waals surface area contributed by atoms with E-state index in [0.29, 0.717) is 0 Å². The van der Waals surface area contributed by atoms with E-state index in [1.807, 2.05) is 0 Å². The zero-order chi connectivity index (χ0) is 7.11. The molecule has 9 heavy (non-hydrogen) atoms. The van der Waals surface area contributed by atoms with Crippen molar-refractivity contribution in [3.8, 4) is 0 Å². The van der Waals surface area contributed by atoms with Crippen LogP contribution < -0.4 is 0 Å². The number of hydrogen-bond acceptors (Lipinski definition) is 1. The summed E-state index contributed by atoms with van der Waals surface area (Å²) >= 11 is 0. The predicted octanol–water partition coefficient (Wildman–Crippen LogP) is 1.83. The first-order valence-electron chi connectivity index (χ1n) is 3.92. The maximum Gasteiger partial charge on any atom is 0.0672 e. The van der Waals surface area contributed by atoms with Gasteiger partial charge in [-0.05, 0) is 6.92 Å². The third-order valence-corrected chi connectivity index (χ3v) is 4.73. The van der Waals surface area contributed by atoms with E-state index in [0.717, 1.165) is 12.8 Å². The van der Waals surface area contributed by atoms with Crippen LogP contribution in [0.1, 0.15) is 20.8 Å². The fraction of sp³-hybridized carbons (Fsp3) is 1.00. The predicted molar refractivity (Wildman–Crippen MR) is 44.6 cm³/mol. The minimum Gasteiger partial charge on any atom is -0.385 e. The Morgan fingerprint density at radius 1 is 1.11 bits per heavy atom. The van der Waals surface area contributed by atoms with E-state index in [2.05, 4.69) is 20.8 Å². The van der Waals surface area contributed by atoms with Crippen molar-refractivity contribution in [3.05, 3.63) is 0 Å². The Bertz CT molecular complexity index is 52.9. The van der Waals surface area contributed by atoms with Crippen LogP contribution in [0, 0.1) is 0 Å². The van der Waals surface area contributed by atoms with Gasteiger partial charge in [-0.25, -0.2) is 0 Å². The Hall–Kier alpha value is 0.177. The molecule has 0 unspecified atom stereocenters. The quantitative estimate of drug-likeness (QED) is 0.538. The lowest BCUT2D eigenvalue weighted by Gasteiger charge is -2.08. The molecule has 0 atom stereocenters. The summed E-state index contributed by atoms with van der Waals surface area (Å²) in [4.78, 5) is 0. The van der Waals surface area contributed by atoms with Gasteiger partial charge in [0.15, 0.2) is 0 Å². The van der Waals surface area contributed by atoms with Crippen molar-refractivity contribution in [1.29, 1.82) is 0 Å². The fourth-order valence-electron chi connectivity index (χ4n) is 0.809. The van der Waals surface area contributed by atoms with Crippen molar-refractivity contribution in [1.82, 2.24) is 0 Å². The molecular formula is C7H18OSi. The molecule has 0 aromatic heterocycles. The Kier molecular flexibility index (Phi) is 6.42. The van der Waals surface area contributed by atoms with Crippen LogP contribution in [0.4, 0.5) is 0 Å². The SMILES string of the molecule is CCOC[SiH](CC)CC. The lowest BCUT2D eigenvalue weighted by Crippen LogP contribution is -2.18. The summed E-state index contributed by atoms with van der Waals surface area (Å²) in [5.41, 5.74) is 0. The van der Waals surface area contributed by atoms with Crippen molar-refractivity contribution in [3.63, 3.8) is 0 Å².